The monoisotopic (exact) mass is 425 g/mol. The van der Waals surface area contributed by atoms with E-state index in [0.29, 0.717) is 16.0 Å². The molecular weight excluding hydrogens is 409 g/mol. The third-order valence-electron chi connectivity index (χ3n) is 4.06. The largest absolute Gasteiger partial charge is 0.321 e. The summed E-state index contributed by atoms with van der Waals surface area (Å²) in [4.78, 5) is 36.1. The smallest absolute Gasteiger partial charge is 0.272 e. The van der Waals surface area contributed by atoms with E-state index in [1.165, 1.54) is 53.8 Å². The molecule has 152 valence electrons. The van der Waals surface area contributed by atoms with Gasteiger partial charge in [0.05, 0.1) is 9.80 Å². The summed E-state index contributed by atoms with van der Waals surface area (Å²) in [6.07, 6.45) is 1.32. The Morgan fingerprint density at radius 1 is 1.13 bits per heavy atom. The van der Waals surface area contributed by atoms with Gasteiger partial charge in [-0.2, -0.15) is 0 Å². The number of amides is 2. The van der Waals surface area contributed by atoms with Crippen LogP contribution in [-0.2, 0) is 4.79 Å². The van der Waals surface area contributed by atoms with Crippen LogP contribution in [0.25, 0.3) is 6.08 Å². The van der Waals surface area contributed by atoms with Gasteiger partial charge in [-0.1, -0.05) is 24.3 Å². The Bertz CT molecular complexity index is 1140. The molecular formula is C21H16FN3O4S. The van der Waals surface area contributed by atoms with Gasteiger partial charge in [0.1, 0.15) is 11.5 Å². The van der Waals surface area contributed by atoms with Gasteiger partial charge < -0.3 is 10.6 Å². The van der Waals surface area contributed by atoms with E-state index in [4.69, 9.17) is 0 Å². The number of hydrogen-bond acceptors (Lipinski definition) is 5. The Labute approximate surface area is 175 Å². The van der Waals surface area contributed by atoms with Crippen LogP contribution in [-0.4, -0.2) is 16.7 Å². The van der Waals surface area contributed by atoms with Crippen molar-refractivity contribution in [1.29, 1.82) is 0 Å². The van der Waals surface area contributed by atoms with Gasteiger partial charge in [0.15, 0.2) is 0 Å². The van der Waals surface area contributed by atoms with Crippen LogP contribution in [0.1, 0.15) is 20.8 Å². The molecule has 1 aromatic heterocycles. The fourth-order valence-corrected chi connectivity index (χ4v) is 3.13. The first kappa shape index (κ1) is 20.9. The highest BCUT2D eigenvalue weighted by Crippen LogP contribution is 2.18. The van der Waals surface area contributed by atoms with Gasteiger partial charge in [0.25, 0.3) is 17.5 Å². The number of carbonyl (C=O) groups is 2. The number of aryl methyl sites for hydroxylation is 1. The Morgan fingerprint density at radius 2 is 1.93 bits per heavy atom. The molecule has 0 saturated heterocycles. The van der Waals surface area contributed by atoms with Gasteiger partial charge in [-0.3, -0.25) is 19.7 Å². The van der Waals surface area contributed by atoms with Crippen LogP contribution < -0.4 is 10.6 Å². The number of anilines is 1. The van der Waals surface area contributed by atoms with Crippen LogP contribution >= 0.6 is 11.3 Å². The van der Waals surface area contributed by atoms with Crippen molar-refractivity contribution >= 4 is 40.6 Å². The molecule has 2 N–H and O–H groups in total. The van der Waals surface area contributed by atoms with Gasteiger partial charge in [-0.25, -0.2) is 4.39 Å². The van der Waals surface area contributed by atoms with E-state index in [1.807, 2.05) is 0 Å². The lowest BCUT2D eigenvalue weighted by Crippen LogP contribution is -2.30. The van der Waals surface area contributed by atoms with Crippen molar-refractivity contribution in [2.45, 2.75) is 6.92 Å². The lowest BCUT2D eigenvalue weighted by molar-refractivity contribution is -0.384. The van der Waals surface area contributed by atoms with Crippen LogP contribution in [0.5, 0.6) is 0 Å². The molecule has 0 aliphatic rings. The fraction of sp³-hybridized carbons (Fsp3) is 0.0476. The van der Waals surface area contributed by atoms with Crippen LogP contribution in [0.2, 0.25) is 0 Å². The van der Waals surface area contributed by atoms with Gasteiger partial charge in [-0.05, 0) is 47.7 Å². The molecule has 0 fully saturated rings. The Balaban J connectivity index is 1.92. The van der Waals surface area contributed by atoms with Crippen molar-refractivity contribution in [1.82, 2.24) is 5.32 Å². The molecule has 0 unspecified atom stereocenters. The summed E-state index contributed by atoms with van der Waals surface area (Å²) >= 11 is 1.20. The van der Waals surface area contributed by atoms with E-state index < -0.39 is 22.6 Å². The molecule has 0 radical (unpaired) electrons. The molecule has 3 rings (SSSR count). The lowest BCUT2D eigenvalue weighted by Gasteiger charge is -2.11. The first-order valence-corrected chi connectivity index (χ1v) is 9.60. The van der Waals surface area contributed by atoms with Crippen molar-refractivity contribution < 1.29 is 18.9 Å². The van der Waals surface area contributed by atoms with Gasteiger partial charge in [0, 0.05) is 17.8 Å². The minimum absolute atomic E-state index is 0.144. The van der Waals surface area contributed by atoms with E-state index in [0.717, 1.165) is 0 Å². The summed E-state index contributed by atoms with van der Waals surface area (Å²) in [5.41, 5.74) is 0.671. The molecule has 0 aliphatic carbocycles. The second-order valence-corrected chi connectivity index (χ2v) is 7.21. The van der Waals surface area contributed by atoms with Crippen LogP contribution in [0.3, 0.4) is 0 Å². The highest BCUT2D eigenvalue weighted by molar-refractivity contribution is 7.12. The number of nitro groups is 1. The second-order valence-electron chi connectivity index (χ2n) is 6.26. The molecule has 0 atom stereocenters. The van der Waals surface area contributed by atoms with E-state index >= 15 is 0 Å². The van der Waals surface area contributed by atoms with Crippen LogP contribution in [0.4, 0.5) is 15.8 Å². The van der Waals surface area contributed by atoms with E-state index in [1.54, 1.807) is 30.5 Å². The molecule has 7 nitrogen and oxygen atoms in total. The number of rotatable bonds is 6. The maximum absolute atomic E-state index is 13.8. The number of nitrogens with one attached hydrogen (secondary N) is 2. The number of carbonyl (C=O) groups excluding carboxylic acids is 2. The highest BCUT2D eigenvalue weighted by Gasteiger charge is 2.17. The lowest BCUT2D eigenvalue weighted by atomic mass is 10.1. The molecule has 0 saturated carbocycles. The van der Waals surface area contributed by atoms with E-state index in [-0.39, 0.29) is 17.1 Å². The molecule has 0 bridgehead atoms. The van der Waals surface area contributed by atoms with Crippen molar-refractivity contribution in [2.75, 3.05) is 5.32 Å². The van der Waals surface area contributed by atoms with Crippen molar-refractivity contribution in [3.05, 3.63) is 97.6 Å². The molecule has 2 amide bonds. The third kappa shape index (κ3) is 5.15. The minimum Gasteiger partial charge on any atom is -0.321 e. The summed E-state index contributed by atoms with van der Waals surface area (Å²) in [6.45, 7) is 1.59. The Kier molecular flexibility index (Phi) is 6.33. The number of benzene rings is 2. The van der Waals surface area contributed by atoms with Crippen LogP contribution in [0.15, 0.2) is 65.7 Å². The standard InChI is InChI=1S/C21H16FN3O4S/c1-13-7-8-15(12-17(13)22)23-20(26)18(24-21(27)19-6-3-9-30-19)11-14-4-2-5-16(10-14)25(28)29/h2-12H,1H3,(H,23,26)(H,24,27)/b18-11-. The van der Waals surface area contributed by atoms with Crippen molar-refractivity contribution in [3.63, 3.8) is 0 Å². The molecule has 9 heteroatoms. The second kappa shape index (κ2) is 9.10. The quantitative estimate of drug-likeness (QED) is 0.345. The number of hydrogen-bond donors (Lipinski definition) is 2. The Morgan fingerprint density at radius 3 is 2.60 bits per heavy atom. The first-order valence-electron chi connectivity index (χ1n) is 8.72. The molecule has 2 aromatic carbocycles. The highest BCUT2D eigenvalue weighted by atomic mass is 32.1. The zero-order chi connectivity index (χ0) is 21.7. The molecule has 30 heavy (non-hydrogen) atoms. The van der Waals surface area contributed by atoms with Crippen molar-refractivity contribution in [3.8, 4) is 0 Å². The van der Waals surface area contributed by atoms with Gasteiger partial charge in [-0.15, -0.1) is 11.3 Å². The average molecular weight is 425 g/mol. The number of nitro benzene ring substituents is 1. The molecule has 0 aliphatic heterocycles. The molecule has 0 spiro atoms. The molecule has 3 aromatic rings. The number of halogens is 1. The van der Waals surface area contributed by atoms with Crippen LogP contribution in [0, 0.1) is 22.9 Å². The zero-order valence-electron chi connectivity index (χ0n) is 15.7. The normalized spacial score (nSPS) is 11.1. The third-order valence-corrected chi connectivity index (χ3v) is 4.93. The summed E-state index contributed by atoms with van der Waals surface area (Å²) in [6, 6.07) is 13.1. The fourth-order valence-electron chi connectivity index (χ4n) is 2.51. The number of non-ortho nitro benzene ring substituents is 1. The molecule has 1 heterocycles. The maximum atomic E-state index is 13.8. The summed E-state index contributed by atoms with van der Waals surface area (Å²) in [7, 11) is 0. The minimum atomic E-state index is -0.699. The zero-order valence-corrected chi connectivity index (χ0v) is 16.5. The van der Waals surface area contributed by atoms with Crippen molar-refractivity contribution in [2.24, 2.45) is 0 Å². The average Bonchev–Trinajstić information content (AvgIpc) is 3.25. The predicted molar refractivity (Wildman–Crippen MR) is 113 cm³/mol. The van der Waals surface area contributed by atoms with E-state index in [9.17, 15) is 24.1 Å². The van der Waals surface area contributed by atoms with E-state index in [2.05, 4.69) is 10.6 Å². The number of thiophene rings is 1. The number of nitrogens with zero attached hydrogens (tertiary/aromatic N) is 1. The Hall–Kier alpha value is -3.85. The van der Waals surface area contributed by atoms with Gasteiger partial charge >= 0.3 is 0 Å². The maximum Gasteiger partial charge on any atom is 0.272 e. The predicted octanol–water partition coefficient (Wildman–Crippen LogP) is 4.51. The van der Waals surface area contributed by atoms with Gasteiger partial charge in [0.2, 0.25) is 0 Å². The first-order chi connectivity index (χ1) is 14.3. The summed E-state index contributed by atoms with van der Waals surface area (Å²) < 4.78 is 13.8. The summed E-state index contributed by atoms with van der Waals surface area (Å²) in [5.74, 6) is -1.69. The SMILES string of the molecule is Cc1ccc(NC(=O)/C(=C/c2cccc([N+](=O)[O-])c2)NC(=O)c2cccs2)cc1F. The summed E-state index contributed by atoms with van der Waals surface area (Å²) in [5, 5.41) is 17.8. The topological polar surface area (TPSA) is 101 Å².